The molecule has 0 aliphatic heterocycles. The highest BCUT2D eigenvalue weighted by Crippen LogP contribution is 2.36. The zero-order valence-corrected chi connectivity index (χ0v) is 19.3. The van der Waals surface area contributed by atoms with E-state index < -0.39 is 11.7 Å². The molecule has 1 atom stereocenters. The molecule has 4 nitrogen and oxygen atoms in total. The van der Waals surface area contributed by atoms with Crippen LogP contribution in [0.5, 0.6) is 0 Å². The van der Waals surface area contributed by atoms with Crippen LogP contribution in [0.2, 0.25) is 0 Å². The fourth-order valence-corrected chi connectivity index (χ4v) is 4.11. The van der Waals surface area contributed by atoms with Crippen LogP contribution in [0.1, 0.15) is 75.1 Å². The Morgan fingerprint density at radius 2 is 2.03 bits per heavy atom. The summed E-state index contributed by atoms with van der Waals surface area (Å²) >= 11 is 0. The van der Waals surface area contributed by atoms with Crippen molar-refractivity contribution in [1.29, 1.82) is 0 Å². The van der Waals surface area contributed by atoms with Gasteiger partial charge in [0.2, 0.25) is 0 Å². The lowest BCUT2D eigenvalue weighted by Gasteiger charge is -2.23. The molecule has 0 saturated heterocycles. The van der Waals surface area contributed by atoms with Crippen molar-refractivity contribution in [1.82, 2.24) is 15.0 Å². The monoisotopic (exact) mass is 456 g/mol. The molecule has 1 unspecified atom stereocenters. The van der Waals surface area contributed by atoms with E-state index in [2.05, 4.69) is 42.9 Å². The Hall–Kier alpha value is -3.09. The first kappa shape index (κ1) is 24.6. The van der Waals surface area contributed by atoms with Crippen molar-refractivity contribution in [3.05, 3.63) is 88.4 Å². The Kier molecular flexibility index (Phi) is 7.95. The van der Waals surface area contributed by atoms with E-state index in [1.54, 1.807) is 6.20 Å². The van der Waals surface area contributed by atoms with Crippen molar-refractivity contribution >= 4 is 5.57 Å². The Balaban J connectivity index is 1.67. The highest BCUT2D eigenvalue weighted by molar-refractivity contribution is 5.69. The lowest BCUT2D eigenvalue weighted by atomic mass is 9.82. The number of rotatable bonds is 8. The number of imidazole rings is 1. The molecule has 2 aromatic heterocycles. The van der Waals surface area contributed by atoms with E-state index in [-0.39, 0.29) is 5.92 Å². The highest BCUT2D eigenvalue weighted by Gasteiger charge is 2.30. The SMILES string of the molecule is CCC/C=C\C(=C/N)c1nc(C2C=C(C)C(CCc3ccc(C(F)(F)F)cn3)=C(C)C2)c[nH]1. The van der Waals surface area contributed by atoms with Gasteiger partial charge in [0.15, 0.2) is 0 Å². The second kappa shape index (κ2) is 10.7. The van der Waals surface area contributed by atoms with Gasteiger partial charge in [0, 0.05) is 35.8 Å². The Morgan fingerprint density at radius 3 is 2.64 bits per heavy atom. The number of nitrogens with one attached hydrogen (secondary N) is 1. The van der Waals surface area contributed by atoms with Gasteiger partial charge >= 0.3 is 6.18 Å². The molecule has 1 aliphatic carbocycles. The number of hydrogen-bond donors (Lipinski definition) is 2. The van der Waals surface area contributed by atoms with Crippen molar-refractivity contribution < 1.29 is 13.2 Å². The number of allylic oxidation sites excluding steroid dienone is 7. The number of halogens is 3. The molecule has 2 heterocycles. The average molecular weight is 457 g/mol. The minimum atomic E-state index is -4.36. The quantitative estimate of drug-likeness (QED) is 0.426. The summed E-state index contributed by atoms with van der Waals surface area (Å²) < 4.78 is 38.2. The van der Waals surface area contributed by atoms with Crippen LogP contribution in [0.15, 0.2) is 65.7 Å². The third kappa shape index (κ3) is 6.24. The molecule has 0 fully saturated rings. The van der Waals surface area contributed by atoms with Crippen LogP contribution in [0.25, 0.3) is 5.57 Å². The third-order valence-electron chi connectivity index (χ3n) is 5.93. The number of aryl methyl sites for hydroxylation is 1. The lowest BCUT2D eigenvalue weighted by Crippen LogP contribution is -2.08. The fourth-order valence-electron chi connectivity index (χ4n) is 4.11. The predicted molar refractivity (Wildman–Crippen MR) is 126 cm³/mol. The largest absolute Gasteiger partial charge is 0.417 e. The average Bonchev–Trinajstić information content (AvgIpc) is 3.26. The number of unbranched alkanes of at least 4 members (excludes halogenated alkanes) is 1. The third-order valence-corrected chi connectivity index (χ3v) is 5.93. The summed E-state index contributed by atoms with van der Waals surface area (Å²) in [6.07, 6.45) is 10.6. The summed E-state index contributed by atoms with van der Waals surface area (Å²) in [5.74, 6) is 0.924. The minimum absolute atomic E-state index is 0.168. The van der Waals surface area contributed by atoms with Gasteiger partial charge in [0.1, 0.15) is 5.82 Å². The molecular weight excluding hydrogens is 425 g/mol. The zero-order chi connectivity index (χ0) is 24.0. The van der Waals surface area contributed by atoms with Crippen molar-refractivity contribution in [2.24, 2.45) is 5.73 Å². The molecule has 7 heteroatoms. The number of alkyl halides is 3. The Morgan fingerprint density at radius 1 is 1.24 bits per heavy atom. The van der Waals surface area contributed by atoms with E-state index in [1.807, 2.05) is 12.3 Å². The van der Waals surface area contributed by atoms with Gasteiger partial charge in [-0.1, -0.05) is 42.7 Å². The molecule has 0 saturated carbocycles. The Bertz CT molecular complexity index is 1070. The first-order valence-corrected chi connectivity index (χ1v) is 11.3. The molecule has 3 N–H and O–H groups in total. The van der Waals surface area contributed by atoms with Gasteiger partial charge in [-0.05, 0) is 57.2 Å². The summed E-state index contributed by atoms with van der Waals surface area (Å²) in [5.41, 5.74) is 11.3. The van der Waals surface area contributed by atoms with Crippen molar-refractivity contribution in [2.45, 2.75) is 65.0 Å². The van der Waals surface area contributed by atoms with Crippen LogP contribution >= 0.6 is 0 Å². The normalized spacial score (nSPS) is 17.7. The van der Waals surface area contributed by atoms with Crippen LogP contribution in [0.3, 0.4) is 0 Å². The lowest BCUT2D eigenvalue weighted by molar-refractivity contribution is -0.137. The summed E-state index contributed by atoms with van der Waals surface area (Å²) in [6, 6.07) is 2.56. The van der Waals surface area contributed by atoms with Gasteiger partial charge in [0.25, 0.3) is 0 Å². The maximum absolute atomic E-state index is 12.7. The molecule has 0 aromatic carbocycles. The number of H-pyrrole nitrogens is 1. The summed E-state index contributed by atoms with van der Waals surface area (Å²) in [6.45, 7) is 6.33. The van der Waals surface area contributed by atoms with Crippen LogP contribution in [-0.2, 0) is 12.6 Å². The second-order valence-electron chi connectivity index (χ2n) is 8.44. The summed E-state index contributed by atoms with van der Waals surface area (Å²) in [5, 5.41) is 0. The molecule has 0 spiro atoms. The Labute approximate surface area is 193 Å². The number of nitrogens with two attached hydrogens (primary N) is 1. The minimum Gasteiger partial charge on any atom is -0.404 e. The molecule has 0 amide bonds. The molecule has 1 aliphatic rings. The van der Waals surface area contributed by atoms with Crippen LogP contribution in [-0.4, -0.2) is 15.0 Å². The summed E-state index contributed by atoms with van der Waals surface area (Å²) in [7, 11) is 0. The second-order valence-corrected chi connectivity index (χ2v) is 8.44. The van der Waals surface area contributed by atoms with Crippen LogP contribution in [0, 0.1) is 0 Å². The number of aromatic nitrogens is 3. The molecule has 176 valence electrons. The first-order valence-electron chi connectivity index (χ1n) is 11.3. The van der Waals surface area contributed by atoms with E-state index in [9.17, 15) is 13.2 Å². The molecule has 0 radical (unpaired) electrons. The number of hydrogen-bond acceptors (Lipinski definition) is 3. The van der Waals surface area contributed by atoms with Gasteiger partial charge in [0.05, 0.1) is 11.3 Å². The van der Waals surface area contributed by atoms with Crippen LogP contribution in [0.4, 0.5) is 13.2 Å². The number of nitrogens with zero attached hydrogens (tertiary/aromatic N) is 2. The standard InChI is InChI=1S/C26H31F3N4/c1-4-5-6-7-19(14-30)25-32-16-24(33-25)20-12-17(2)23(18(3)13-20)11-10-22-9-8-21(15-31-22)26(27,28)29/h6-9,12,14-16,20H,4-5,10-11,13,30H2,1-3H3,(H,32,33)/b7-6-,19-14+. The van der Waals surface area contributed by atoms with Gasteiger partial charge < -0.3 is 10.7 Å². The molecular formula is C26H31F3N4. The van der Waals surface area contributed by atoms with Crippen LogP contribution < -0.4 is 5.73 Å². The van der Waals surface area contributed by atoms with Gasteiger partial charge in [-0.3, -0.25) is 4.98 Å². The maximum Gasteiger partial charge on any atom is 0.417 e. The van der Waals surface area contributed by atoms with Crippen molar-refractivity contribution in [3.63, 3.8) is 0 Å². The molecule has 0 bridgehead atoms. The van der Waals surface area contributed by atoms with Crippen molar-refractivity contribution in [3.8, 4) is 0 Å². The molecule has 33 heavy (non-hydrogen) atoms. The fraction of sp³-hybridized carbons (Fsp3) is 0.385. The zero-order valence-electron chi connectivity index (χ0n) is 19.3. The van der Waals surface area contributed by atoms with E-state index >= 15 is 0 Å². The van der Waals surface area contributed by atoms with Gasteiger partial charge in [-0.25, -0.2) is 4.98 Å². The number of aromatic amines is 1. The van der Waals surface area contributed by atoms with Gasteiger partial charge in [-0.15, -0.1) is 0 Å². The topological polar surface area (TPSA) is 67.6 Å². The summed E-state index contributed by atoms with van der Waals surface area (Å²) in [4.78, 5) is 12.0. The van der Waals surface area contributed by atoms with E-state index in [0.717, 1.165) is 55.0 Å². The van der Waals surface area contributed by atoms with Gasteiger partial charge in [-0.2, -0.15) is 13.2 Å². The van der Waals surface area contributed by atoms with E-state index in [0.29, 0.717) is 12.1 Å². The van der Waals surface area contributed by atoms with E-state index in [4.69, 9.17) is 10.7 Å². The predicted octanol–water partition coefficient (Wildman–Crippen LogP) is 6.86. The first-order chi connectivity index (χ1) is 15.7. The number of pyridine rings is 1. The van der Waals surface area contributed by atoms with E-state index in [1.165, 1.54) is 22.8 Å². The molecule has 2 aromatic rings. The highest BCUT2D eigenvalue weighted by atomic mass is 19.4. The smallest absolute Gasteiger partial charge is 0.404 e. The van der Waals surface area contributed by atoms with Crippen molar-refractivity contribution in [2.75, 3.05) is 0 Å². The maximum atomic E-state index is 12.7. The molecule has 3 rings (SSSR count).